The third kappa shape index (κ3) is 2.60. The van der Waals surface area contributed by atoms with Crippen LogP contribution in [0.3, 0.4) is 0 Å². The Morgan fingerprint density at radius 2 is 2.35 bits per heavy atom. The molecule has 1 aromatic rings. The van der Waals surface area contributed by atoms with Crippen molar-refractivity contribution in [3.05, 3.63) is 11.3 Å². The lowest BCUT2D eigenvalue weighted by Gasteiger charge is -2.11. The van der Waals surface area contributed by atoms with Crippen LogP contribution >= 0.6 is 0 Å². The lowest BCUT2D eigenvalue weighted by molar-refractivity contribution is 0.0947. The molecule has 17 heavy (non-hydrogen) atoms. The molecule has 1 aromatic heterocycles. The summed E-state index contributed by atoms with van der Waals surface area (Å²) in [7, 11) is 0. The highest BCUT2D eigenvalue weighted by atomic mass is 16.1. The zero-order valence-electron chi connectivity index (χ0n) is 10.4. The molecule has 2 unspecified atom stereocenters. The summed E-state index contributed by atoms with van der Waals surface area (Å²) in [5, 5.41) is 9.49. The van der Waals surface area contributed by atoms with Gasteiger partial charge in [-0.05, 0) is 31.6 Å². The SMILES string of the molecule is Cc1[nH]nc(N)c1C(=O)NCC1CCC(C)C1. The highest BCUT2D eigenvalue weighted by Gasteiger charge is 2.23. The van der Waals surface area contributed by atoms with Gasteiger partial charge < -0.3 is 11.1 Å². The highest BCUT2D eigenvalue weighted by molar-refractivity contribution is 5.99. The van der Waals surface area contributed by atoms with E-state index in [1.54, 1.807) is 6.92 Å². The molecule has 1 fully saturated rings. The van der Waals surface area contributed by atoms with Crippen LogP contribution in [0.25, 0.3) is 0 Å². The van der Waals surface area contributed by atoms with Crippen LogP contribution in [0.15, 0.2) is 0 Å². The van der Waals surface area contributed by atoms with Crippen LogP contribution in [0, 0.1) is 18.8 Å². The average molecular weight is 236 g/mol. The minimum absolute atomic E-state index is 0.117. The van der Waals surface area contributed by atoms with E-state index in [1.807, 2.05) is 0 Å². The van der Waals surface area contributed by atoms with Crippen molar-refractivity contribution in [3.63, 3.8) is 0 Å². The predicted molar refractivity (Wildman–Crippen MR) is 66.6 cm³/mol. The molecule has 5 heteroatoms. The van der Waals surface area contributed by atoms with Gasteiger partial charge >= 0.3 is 0 Å². The molecule has 0 bridgehead atoms. The molecule has 0 spiro atoms. The number of carbonyl (C=O) groups excluding carboxylic acids is 1. The van der Waals surface area contributed by atoms with Crippen molar-refractivity contribution in [2.24, 2.45) is 11.8 Å². The lowest BCUT2D eigenvalue weighted by atomic mass is 10.1. The molecular formula is C12H20N4O. The Bertz CT molecular complexity index is 393. The first kappa shape index (κ1) is 12.0. The molecule has 0 aromatic carbocycles. The molecule has 1 heterocycles. The zero-order valence-corrected chi connectivity index (χ0v) is 10.4. The van der Waals surface area contributed by atoms with Crippen LogP contribution in [-0.2, 0) is 0 Å². The number of hydrogen-bond donors (Lipinski definition) is 3. The summed E-state index contributed by atoms with van der Waals surface area (Å²) < 4.78 is 0. The minimum atomic E-state index is -0.117. The van der Waals surface area contributed by atoms with Crippen molar-refractivity contribution in [1.82, 2.24) is 15.5 Å². The van der Waals surface area contributed by atoms with Crippen LogP contribution < -0.4 is 11.1 Å². The number of aromatic amines is 1. The number of aromatic nitrogens is 2. The van der Waals surface area contributed by atoms with E-state index in [1.165, 1.54) is 19.3 Å². The summed E-state index contributed by atoms with van der Waals surface area (Å²) >= 11 is 0. The molecule has 0 aliphatic heterocycles. The first-order valence-electron chi connectivity index (χ1n) is 6.16. The average Bonchev–Trinajstić information content (AvgIpc) is 2.83. The van der Waals surface area contributed by atoms with E-state index < -0.39 is 0 Å². The van der Waals surface area contributed by atoms with E-state index in [4.69, 9.17) is 5.73 Å². The fraction of sp³-hybridized carbons (Fsp3) is 0.667. The Morgan fingerprint density at radius 1 is 1.59 bits per heavy atom. The van der Waals surface area contributed by atoms with Crippen molar-refractivity contribution in [3.8, 4) is 0 Å². The summed E-state index contributed by atoms with van der Waals surface area (Å²) in [6.07, 6.45) is 3.69. The Morgan fingerprint density at radius 3 is 2.88 bits per heavy atom. The van der Waals surface area contributed by atoms with E-state index in [-0.39, 0.29) is 11.7 Å². The van der Waals surface area contributed by atoms with E-state index in [2.05, 4.69) is 22.4 Å². The Labute approximate surface area is 101 Å². The molecule has 2 atom stereocenters. The largest absolute Gasteiger partial charge is 0.382 e. The number of carbonyl (C=O) groups is 1. The topological polar surface area (TPSA) is 83.8 Å². The second-order valence-electron chi connectivity index (χ2n) is 5.10. The maximum Gasteiger partial charge on any atom is 0.256 e. The number of anilines is 1. The summed E-state index contributed by atoms with van der Waals surface area (Å²) in [5.74, 6) is 1.56. The second kappa shape index (κ2) is 4.77. The first-order valence-corrected chi connectivity index (χ1v) is 6.16. The van der Waals surface area contributed by atoms with Crippen molar-refractivity contribution in [2.45, 2.75) is 33.1 Å². The van der Waals surface area contributed by atoms with Gasteiger partial charge in [0.25, 0.3) is 5.91 Å². The maximum atomic E-state index is 11.9. The number of nitrogens with zero attached hydrogens (tertiary/aromatic N) is 1. The Kier molecular flexibility index (Phi) is 3.36. The van der Waals surface area contributed by atoms with Crippen molar-refractivity contribution >= 4 is 11.7 Å². The summed E-state index contributed by atoms with van der Waals surface area (Å²) in [6, 6.07) is 0. The first-order chi connectivity index (χ1) is 8.08. The van der Waals surface area contributed by atoms with Crippen molar-refractivity contribution in [2.75, 3.05) is 12.3 Å². The smallest absolute Gasteiger partial charge is 0.256 e. The molecular weight excluding hydrogens is 216 g/mol. The zero-order chi connectivity index (χ0) is 12.4. The van der Waals surface area contributed by atoms with Gasteiger partial charge in [0.2, 0.25) is 0 Å². The summed E-state index contributed by atoms with van der Waals surface area (Å²) in [4.78, 5) is 11.9. The number of aryl methyl sites for hydroxylation is 1. The Hall–Kier alpha value is -1.52. The molecule has 1 amide bonds. The van der Waals surface area contributed by atoms with Crippen LogP contribution in [0.2, 0.25) is 0 Å². The molecule has 1 aliphatic rings. The third-order valence-corrected chi connectivity index (χ3v) is 3.56. The molecule has 2 rings (SSSR count). The van der Waals surface area contributed by atoms with E-state index >= 15 is 0 Å². The fourth-order valence-corrected chi connectivity index (χ4v) is 2.57. The molecule has 4 N–H and O–H groups in total. The Balaban J connectivity index is 1.90. The lowest BCUT2D eigenvalue weighted by Crippen LogP contribution is -2.29. The summed E-state index contributed by atoms with van der Waals surface area (Å²) in [6.45, 7) is 4.81. The molecule has 1 saturated carbocycles. The second-order valence-corrected chi connectivity index (χ2v) is 5.10. The van der Waals surface area contributed by atoms with Crippen LogP contribution in [0.5, 0.6) is 0 Å². The van der Waals surface area contributed by atoms with Crippen LogP contribution in [0.1, 0.15) is 42.2 Å². The van der Waals surface area contributed by atoms with Crippen molar-refractivity contribution < 1.29 is 4.79 Å². The van der Waals surface area contributed by atoms with Gasteiger partial charge in [-0.2, -0.15) is 5.10 Å². The van der Waals surface area contributed by atoms with Crippen LogP contribution in [-0.4, -0.2) is 22.6 Å². The van der Waals surface area contributed by atoms with Gasteiger partial charge in [-0.1, -0.05) is 13.3 Å². The number of nitrogens with two attached hydrogens (primary N) is 1. The summed E-state index contributed by atoms with van der Waals surface area (Å²) in [5.41, 5.74) is 6.85. The van der Waals surface area contributed by atoms with Gasteiger partial charge in [-0.3, -0.25) is 9.89 Å². The molecule has 0 radical (unpaired) electrons. The molecule has 5 nitrogen and oxygen atoms in total. The van der Waals surface area contributed by atoms with Crippen LogP contribution in [0.4, 0.5) is 5.82 Å². The number of nitrogens with one attached hydrogen (secondary N) is 2. The quantitative estimate of drug-likeness (QED) is 0.743. The van der Waals surface area contributed by atoms with Gasteiger partial charge in [0.05, 0.1) is 0 Å². The number of nitrogen functional groups attached to an aromatic ring is 1. The van der Waals surface area contributed by atoms with Gasteiger partial charge in [-0.15, -0.1) is 0 Å². The van der Waals surface area contributed by atoms with Gasteiger partial charge in [0.1, 0.15) is 5.56 Å². The van der Waals surface area contributed by atoms with Gasteiger partial charge in [0.15, 0.2) is 5.82 Å². The fourth-order valence-electron chi connectivity index (χ4n) is 2.57. The number of H-pyrrole nitrogens is 1. The van der Waals surface area contributed by atoms with Gasteiger partial charge in [-0.25, -0.2) is 0 Å². The number of amides is 1. The standard InChI is InChI=1S/C12H20N4O/c1-7-3-4-9(5-7)6-14-12(17)10-8(2)15-16-11(10)13/h7,9H,3-6H2,1-2H3,(H,14,17)(H3,13,15,16). The van der Waals surface area contributed by atoms with E-state index in [0.717, 1.165) is 18.2 Å². The monoisotopic (exact) mass is 236 g/mol. The maximum absolute atomic E-state index is 11.9. The molecule has 0 saturated heterocycles. The number of rotatable bonds is 3. The molecule has 1 aliphatic carbocycles. The molecule has 94 valence electrons. The van der Waals surface area contributed by atoms with E-state index in [9.17, 15) is 4.79 Å². The third-order valence-electron chi connectivity index (χ3n) is 3.56. The van der Waals surface area contributed by atoms with Gasteiger partial charge in [0, 0.05) is 12.2 Å². The van der Waals surface area contributed by atoms with E-state index in [0.29, 0.717) is 11.5 Å². The normalized spacial score (nSPS) is 23.9. The highest BCUT2D eigenvalue weighted by Crippen LogP contribution is 2.29. The number of hydrogen-bond acceptors (Lipinski definition) is 3. The van der Waals surface area contributed by atoms with Crippen molar-refractivity contribution in [1.29, 1.82) is 0 Å². The predicted octanol–water partition coefficient (Wildman–Crippen LogP) is 1.47. The minimum Gasteiger partial charge on any atom is -0.382 e.